The Bertz CT molecular complexity index is 432. The number of aromatic nitrogens is 1. The summed E-state index contributed by atoms with van der Waals surface area (Å²) in [5.74, 6) is 0.825. The Hall–Kier alpha value is -0.750. The van der Waals surface area contributed by atoms with E-state index in [1.165, 1.54) is 25.7 Å². The summed E-state index contributed by atoms with van der Waals surface area (Å²) < 4.78 is 0. The molecule has 1 aromatic rings. The molecular weight excluding hydrogens is 290 g/mol. The number of amides is 1. The van der Waals surface area contributed by atoms with E-state index in [1.807, 2.05) is 23.3 Å². The van der Waals surface area contributed by atoms with Gasteiger partial charge in [-0.1, -0.05) is 12.8 Å². The van der Waals surface area contributed by atoms with E-state index in [0.29, 0.717) is 5.75 Å². The summed E-state index contributed by atoms with van der Waals surface area (Å²) in [6, 6.07) is 0.288. The molecule has 2 heterocycles. The second-order valence-corrected chi connectivity index (χ2v) is 7.69. The molecule has 1 unspecified atom stereocenters. The zero-order valence-electron chi connectivity index (χ0n) is 11.6. The number of carbonyl (C=O) groups excluding carboxylic acids is 1. The van der Waals surface area contributed by atoms with E-state index in [2.05, 4.69) is 15.2 Å². The van der Waals surface area contributed by atoms with Gasteiger partial charge in [-0.2, -0.15) is 0 Å². The van der Waals surface area contributed by atoms with E-state index in [4.69, 9.17) is 0 Å². The Balaban J connectivity index is 1.39. The van der Waals surface area contributed by atoms with Crippen LogP contribution in [0.25, 0.3) is 0 Å². The molecule has 0 spiro atoms. The highest BCUT2D eigenvalue weighted by atomic mass is 32.2. The molecule has 2 fully saturated rings. The summed E-state index contributed by atoms with van der Waals surface area (Å²) in [5.41, 5.74) is 0. The normalized spacial score (nSPS) is 23.4. The number of hydrogen-bond donors (Lipinski definition) is 1. The number of thioether (sulfide) groups is 1. The Kier molecular flexibility index (Phi) is 4.83. The molecule has 3 rings (SSSR count). The lowest BCUT2D eigenvalue weighted by Crippen LogP contribution is -2.38. The van der Waals surface area contributed by atoms with Crippen molar-refractivity contribution in [2.45, 2.75) is 43.4 Å². The topological polar surface area (TPSA) is 45.2 Å². The summed E-state index contributed by atoms with van der Waals surface area (Å²) in [4.78, 5) is 18.6. The molecule has 1 saturated carbocycles. The first-order valence-electron chi connectivity index (χ1n) is 7.36. The molecule has 1 aliphatic heterocycles. The third-order valence-corrected chi connectivity index (χ3v) is 6.20. The third kappa shape index (κ3) is 3.67. The highest BCUT2D eigenvalue weighted by Gasteiger charge is 2.25. The summed E-state index contributed by atoms with van der Waals surface area (Å²) in [6.45, 7) is 1.89. The van der Waals surface area contributed by atoms with Crippen molar-refractivity contribution in [3.8, 4) is 0 Å². The second kappa shape index (κ2) is 6.80. The van der Waals surface area contributed by atoms with Crippen molar-refractivity contribution in [2.75, 3.05) is 23.7 Å². The van der Waals surface area contributed by atoms with E-state index in [0.717, 1.165) is 29.9 Å². The Morgan fingerprint density at radius 1 is 1.45 bits per heavy atom. The predicted octanol–water partition coefficient (Wildman–Crippen LogP) is 2.51. The fourth-order valence-corrected chi connectivity index (χ4v) is 4.76. The van der Waals surface area contributed by atoms with Gasteiger partial charge in [0, 0.05) is 36.0 Å². The highest BCUT2D eigenvalue weighted by Crippen LogP contribution is 2.29. The van der Waals surface area contributed by atoms with Gasteiger partial charge in [0.2, 0.25) is 5.91 Å². The first-order chi connectivity index (χ1) is 9.81. The lowest BCUT2D eigenvalue weighted by molar-refractivity contribution is -0.119. The molecule has 0 bridgehead atoms. The van der Waals surface area contributed by atoms with Gasteiger partial charge in [-0.05, 0) is 19.3 Å². The maximum absolute atomic E-state index is 12.0. The molecule has 1 atom stereocenters. The maximum atomic E-state index is 12.0. The fraction of sp³-hybridized carbons (Fsp3) is 0.714. The fourth-order valence-electron chi connectivity index (χ4n) is 2.94. The van der Waals surface area contributed by atoms with Gasteiger partial charge in [-0.25, -0.2) is 4.98 Å². The van der Waals surface area contributed by atoms with Crippen molar-refractivity contribution < 1.29 is 4.79 Å². The smallest absolute Gasteiger partial charge is 0.230 e. The Morgan fingerprint density at radius 3 is 3.05 bits per heavy atom. The van der Waals surface area contributed by atoms with Crippen molar-refractivity contribution in [1.29, 1.82) is 0 Å². The van der Waals surface area contributed by atoms with Crippen LogP contribution in [-0.2, 0) is 4.79 Å². The zero-order valence-corrected chi connectivity index (χ0v) is 13.2. The molecule has 1 N–H and O–H groups in total. The van der Waals surface area contributed by atoms with Crippen LogP contribution in [0.3, 0.4) is 0 Å². The Morgan fingerprint density at radius 2 is 2.30 bits per heavy atom. The van der Waals surface area contributed by atoms with Gasteiger partial charge in [-0.3, -0.25) is 4.79 Å². The molecule has 1 amide bonds. The van der Waals surface area contributed by atoms with Crippen LogP contribution in [0.2, 0.25) is 0 Å². The molecule has 0 radical (unpaired) electrons. The van der Waals surface area contributed by atoms with Crippen LogP contribution in [0.4, 0.5) is 5.13 Å². The standard InChI is InChI=1S/C14H21N3OS2/c18-13(10-20-12-3-1-2-4-12)16-11-5-7-17(9-11)14-15-6-8-19-14/h6,8,11-12H,1-5,7,9-10H2,(H,16,18). The number of rotatable bonds is 5. The number of hydrogen-bond acceptors (Lipinski definition) is 5. The maximum Gasteiger partial charge on any atom is 0.230 e. The molecule has 1 aromatic heterocycles. The largest absolute Gasteiger partial charge is 0.351 e. The van der Waals surface area contributed by atoms with Gasteiger partial charge >= 0.3 is 0 Å². The molecular formula is C14H21N3OS2. The van der Waals surface area contributed by atoms with Gasteiger partial charge in [0.05, 0.1) is 5.75 Å². The van der Waals surface area contributed by atoms with E-state index in [1.54, 1.807) is 11.3 Å². The number of carbonyl (C=O) groups is 1. The van der Waals surface area contributed by atoms with Crippen LogP contribution in [-0.4, -0.2) is 41.0 Å². The monoisotopic (exact) mass is 311 g/mol. The van der Waals surface area contributed by atoms with Gasteiger partial charge in [0.1, 0.15) is 0 Å². The molecule has 20 heavy (non-hydrogen) atoms. The van der Waals surface area contributed by atoms with Crippen molar-refractivity contribution in [3.63, 3.8) is 0 Å². The van der Waals surface area contributed by atoms with Gasteiger partial charge < -0.3 is 10.2 Å². The van der Waals surface area contributed by atoms with Crippen LogP contribution < -0.4 is 10.2 Å². The molecule has 6 heteroatoms. The van der Waals surface area contributed by atoms with Crippen molar-refractivity contribution in [2.24, 2.45) is 0 Å². The quantitative estimate of drug-likeness (QED) is 0.907. The minimum Gasteiger partial charge on any atom is -0.351 e. The molecule has 110 valence electrons. The van der Waals surface area contributed by atoms with Crippen LogP contribution >= 0.6 is 23.1 Å². The minimum atomic E-state index is 0.202. The van der Waals surface area contributed by atoms with Gasteiger partial charge in [-0.15, -0.1) is 23.1 Å². The zero-order chi connectivity index (χ0) is 13.8. The molecule has 2 aliphatic rings. The lowest BCUT2D eigenvalue weighted by Gasteiger charge is -2.16. The summed E-state index contributed by atoms with van der Waals surface area (Å²) in [5, 5.41) is 6.96. The number of nitrogens with zero attached hydrogens (tertiary/aromatic N) is 2. The van der Waals surface area contributed by atoms with Gasteiger partial charge in [0.25, 0.3) is 0 Å². The van der Waals surface area contributed by atoms with Gasteiger partial charge in [0.15, 0.2) is 5.13 Å². The average molecular weight is 311 g/mol. The molecule has 1 aliphatic carbocycles. The van der Waals surface area contributed by atoms with Crippen molar-refractivity contribution >= 4 is 34.1 Å². The average Bonchev–Trinajstić information content (AvgIpc) is 3.18. The SMILES string of the molecule is O=C(CSC1CCCC1)NC1CCN(c2nccs2)C1. The molecule has 0 aromatic carbocycles. The number of thiazole rings is 1. The van der Waals surface area contributed by atoms with E-state index in [-0.39, 0.29) is 11.9 Å². The molecule has 1 saturated heterocycles. The lowest BCUT2D eigenvalue weighted by atomic mass is 10.2. The predicted molar refractivity (Wildman–Crippen MR) is 85.6 cm³/mol. The minimum absolute atomic E-state index is 0.202. The summed E-state index contributed by atoms with van der Waals surface area (Å²) >= 11 is 3.50. The van der Waals surface area contributed by atoms with Crippen LogP contribution in [0.5, 0.6) is 0 Å². The number of anilines is 1. The van der Waals surface area contributed by atoms with Crippen molar-refractivity contribution in [1.82, 2.24) is 10.3 Å². The first-order valence-corrected chi connectivity index (χ1v) is 9.29. The third-order valence-electron chi connectivity index (χ3n) is 4.00. The van der Waals surface area contributed by atoms with Crippen LogP contribution in [0.15, 0.2) is 11.6 Å². The molecule has 4 nitrogen and oxygen atoms in total. The van der Waals surface area contributed by atoms with E-state index < -0.39 is 0 Å². The summed E-state index contributed by atoms with van der Waals surface area (Å²) in [6.07, 6.45) is 8.12. The van der Waals surface area contributed by atoms with E-state index >= 15 is 0 Å². The Labute approximate surface area is 128 Å². The number of nitrogens with one attached hydrogen (secondary N) is 1. The highest BCUT2D eigenvalue weighted by molar-refractivity contribution is 8.00. The first kappa shape index (κ1) is 14.2. The second-order valence-electron chi connectivity index (χ2n) is 5.53. The van der Waals surface area contributed by atoms with Crippen LogP contribution in [0, 0.1) is 0 Å². The van der Waals surface area contributed by atoms with Crippen LogP contribution in [0.1, 0.15) is 32.1 Å². The van der Waals surface area contributed by atoms with E-state index in [9.17, 15) is 4.79 Å². The summed E-state index contributed by atoms with van der Waals surface area (Å²) in [7, 11) is 0. The van der Waals surface area contributed by atoms with Crippen molar-refractivity contribution in [3.05, 3.63) is 11.6 Å².